The zero-order chi connectivity index (χ0) is 13.0. The summed E-state index contributed by atoms with van der Waals surface area (Å²) in [4.78, 5) is 12.1. The zero-order valence-electron chi connectivity index (χ0n) is 10.5. The van der Waals surface area contributed by atoms with E-state index in [-0.39, 0.29) is 11.7 Å². The Morgan fingerprint density at radius 1 is 1.29 bits per heavy atom. The Labute approximate surface area is 110 Å². The molecule has 1 aromatic carbocycles. The largest absolute Gasteiger partial charge is 0.493 e. The Hall–Kier alpha value is -1.03. The molecule has 0 fully saturated rings. The summed E-state index contributed by atoms with van der Waals surface area (Å²) < 4.78 is 11.1. The molecule has 0 amide bonds. The van der Waals surface area contributed by atoms with E-state index in [1.54, 1.807) is 26.4 Å². The van der Waals surface area contributed by atoms with Crippen molar-refractivity contribution in [3.05, 3.63) is 22.2 Å². The van der Waals surface area contributed by atoms with Gasteiger partial charge in [-0.25, -0.2) is 0 Å². The maximum Gasteiger partial charge on any atom is 0.166 e. The predicted molar refractivity (Wildman–Crippen MR) is 71.0 cm³/mol. The van der Waals surface area contributed by atoms with Crippen LogP contribution in [0.3, 0.4) is 0 Å². The highest BCUT2D eigenvalue weighted by Gasteiger charge is 2.19. The molecule has 0 aliphatic carbocycles. The minimum absolute atomic E-state index is 0.00408. The highest BCUT2D eigenvalue weighted by atomic mass is 79.9. The van der Waals surface area contributed by atoms with Gasteiger partial charge in [0.15, 0.2) is 17.3 Å². The first-order valence-electron chi connectivity index (χ1n) is 5.50. The van der Waals surface area contributed by atoms with Crippen molar-refractivity contribution in [3.63, 3.8) is 0 Å². The lowest BCUT2D eigenvalue weighted by molar-refractivity contribution is 0.0926. The number of hydrogen-bond acceptors (Lipinski definition) is 3. The molecule has 0 aliphatic rings. The fourth-order valence-electron chi connectivity index (χ4n) is 1.49. The number of hydrogen-bond donors (Lipinski definition) is 0. The van der Waals surface area contributed by atoms with Crippen LogP contribution in [0, 0.1) is 5.92 Å². The monoisotopic (exact) mass is 300 g/mol. The molecule has 1 aromatic rings. The van der Waals surface area contributed by atoms with Gasteiger partial charge in [0.2, 0.25) is 0 Å². The van der Waals surface area contributed by atoms with Gasteiger partial charge in [0.05, 0.1) is 14.2 Å². The quantitative estimate of drug-likeness (QED) is 0.778. The van der Waals surface area contributed by atoms with E-state index >= 15 is 0 Å². The number of methoxy groups -OCH3 is 2. The van der Waals surface area contributed by atoms with Gasteiger partial charge in [-0.1, -0.05) is 13.8 Å². The summed E-state index contributed by atoms with van der Waals surface area (Å²) in [7, 11) is 3.13. The molecule has 0 saturated carbocycles. The Morgan fingerprint density at radius 2 is 1.82 bits per heavy atom. The minimum Gasteiger partial charge on any atom is -0.493 e. The van der Waals surface area contributed by atoms with E-state index in [2.05, 4.69) is 15.9 Å². The first-order chi connectivity index (χ1) is 8.04. The third kappa shape index (κ3) is 3.00. The molecule has 0 aromatic heterocycles. The minimum atomic E-state index is 0.00408. The van der Waals surface area contributed by atoms with Crippen LogP contribution < -0.4 is 9.47 Å². The van der Waals surface area contributed by atoms with Crippen LogP contribution in [0.5, 0.6) is 11.5 Å². The average molecular weight is 301 g/mol. The van der Waals surface area contributed by atoms with Gasteiger partial charge in [-0.15, -0.1) is 0 Å². The molecule has 0 spiro atoms. The van der Waals surface area contributed by atoms with E-state index in [1.807, 2.05) is 13.8 Å². The van der Waals surface area contributed by atoms with Crippen LogP contribution >= 0.6 is 15.9 Å². The molecule has 4 heteroatoms. The fourth-order valence-corrected chi connectivity index (χ4v) is 2.01. The van der Waals surface area contributed by atoms with E-state index in [0.29, 0.717) is 17.1 Å². The molecule has 0 saturated heterocycles. The van der Waals surface area contributed by atoms with Crippen LogP contribution in [0.4, 0.5) is 0 Å². The van der Waals surface area contributed by atoms with Crippen LogP contribution in [0.1, 0.15) is 30.6 Å². The highest BCUT2D eigenvalue weighted by molar-refractivity contribution is 9.10. The highest BCUT2D eigenvalue weighted by Crippen LogP contribution is 2.34. The summed E-state index contributed by atoms with van der Waals surface area (Å²) in [6.07, 6.45) is 0.819. The first kappa shape index (κ1) is 14.0. The van der Waals surface area contributed by atoms with Crippen LogP contribution in [0.25, 0.3) is 0 Å². The number of benzene rings is 1. The number of ketones is 1. The summed E-state index contributed by atoms with van der Waals surface area (Å²) in [5.41, 5.74) is 0.636. The zero-order valence-corrected chi connectivity index (χ0v) is 12.1. The Bertz CT molecular complexity index is 415. The van der Waals surface area contributed by atoms with Crippen molar-refractivity contribution in [2.75, 3.05) is 14.2 Å². The summed E-state index contributed by atoms with van der Waals surface area (Å²) in [5.74, 6) is 1.30. The van der Waals surface area contributed by atoms with E-state index in [0.717, 1.165) is 10.9 Å². The predicted octanol–water partition coefficient (Wildman–Crippen LogP) is 3.70. The van der Waals surface area contributed by atoms with Crippen molar-refractivity contribution >= 4 is 21.7 Å². The van der Waals surface area contributed by atoms with Crippen molar-refractivity contribution in [1.82, 2.24) is 0 Å². The maximum atomic E-state index is 12.1. The molecule has 17 heavy (non-hydrogen) atoms. The molecule has 1 unspecified atom stereocenters. The molecular formula is C13H17BrO3. The van der Waals surface area contributed by atoms with Crippen molar-refractivity contribution in [2.24, 2.45) is 5.92 Å². The number of Topliss-reactive ketones (excluding diaryl/α,β-unsaturated/α-hetero) is 1. The molecular weight excluding hydrogens is 284 g/mol. The van der Waals surface area contributed by atoms with Gasteiger partial charge >= 0.3 is 0 Å². The Morgan fingerprint density at radius 3 is 2.29 bits per heavy atom. The lowest BCUT2D eigenvalue weighted by atomic mass is 9.97. The summed E-state index contributed by atoms with van der Waals surface area (Å²) in [6, 6.07) is 3.48. The molecule has 0 heterocycles. The first-order valence-corrected chi connectivity index (χ1v) is 6.30. The number of carbonyl (C=O) groups is 1. The number of rotatable bonds is 5. The van der Waals surface area contributed by atoms with Crippen molar-refractivity contribution in [1.29, 1.82) is 0 Å². The van der Waals surface area contributed by atoms with Gasteiger partial charge in [0.1, 0.15) is 0 Å². The molecule has 0 bridgehead atoms. The van der Waals surface area contributed by atoms with E-state index in [1.165, 1.54) is 0 Å². The maximum absolute atomic E-state index is 12.1. The topological polar surface area (TPSA) is 35.5 Å². The van der Waals surface area contributed by atoms with Crippen molar-refractivity contribution < 1.29 is 14.3 Å². The van der Waals surface area contributed by atoms with Gasteiger partial charge in [-0.05, 0) is 34.5 Å². The fraction of sp³-hybridized carbons (Fsp3) is 0.462. The Balaban J connectivity index is 3.21. The second-order valence-corrected chi connectivity index (χ2v) is 4.71. The molecule has 1 atom stereocenters. The normalized spacial score (nSPS) is 12.1. The molecule has 3 nitrogen and oxygen atoms in total. The standard InChI is InChI=1S/C13H17BrO3/c1-5-8(2)13(15)9-6-11(16-3)12(17-4)7-10(9)14/h6-8H,5H2,1-4H3. The van der Waals surface area contributed by atoms with Gasteiger partial charge in [-0.3, -0.25) is 4.79 Å². The second kappa shape index (κ2) is 6.05. The van der Waals surface area contributed by atoms with E-state index in [4.69, 9.17) is 9.47 Å². The lowest BCUT2D eigenvalue weighted by Crippen LogP contribution is -2.11. The van der Waals surface area contributed by atoms with Crippen LogP contribution in [-0.2, 0) is 0 Å². The third-order valence-electron chi connectivity index (χ3n) is 2.80. The molecule has 0 radical (unpaired) electrons. The molecule has 94 valence electrons. The van der Waals surface area contributed by atoms with E-state index < -0.39 is 0 Å². The Kier molecular flexibility index (Phi) is 5.00. The summed E-state index contributed by atoms with van der Waals surface area (Å²) in [5, 5.41) is 0. The molecule has 1 rings (SSSR count). The molecule has 0 N–H and O–H groups in total. The molecule has 0 aliphatic heterocycles. The summed E-state index contributed by atoms with van der Waals surface area (Å²) >= 11 is 3.39. The van der Waals surface area contributed by atoms with Crippen LogP contribution in [-0.4, -0.2) is 20.0 Å². The smallest absolute Gasteiger partial charge is 0.166 e. The number of carbonyl (C=O) groups excluding carboxylic acids is 1. The van der Waals surface area contributed by atoms with Crippen molar-refractivity contribution in [2.45, 2.75) is 20.3 Å². The van der Waals surface area contributed by atoms with Gasteiger partial charge < -0.3 is 9.47 Å². The van der Waals surface area contributed by atoms with E-state index in [9.17, 15) is 4.79 Å². The third-order valence-corrected chi connectivity index (χ3v) is 3.45. The average Bonchev–Trinajstić information content (AvgIpc) is 2.36. The summed E-state index contributed by atoms with van der Waals surface area (Å²) in [6.45, 7) is 3.92. The van der Waals surface area contributed by atoms with Gasteiger partial charge in [0, 0.05) is 16.0 Å². The number of halogens is 1. The van der Waals surface area contributed by atoms with Crippen molar-refractivity contribution in [3.8, 4) is 11.5 Å². The van der Waals surface area contributed by atoms with Gasteiger partial charge in [0.25, 0.3) is 0 Å². The lowest BCUT2D eigenvalue weighted by Gasteiger charge is -2.13. The van der Waals surface area contributed by atoms with Crippen LogP contribution in [0.2, 0.25) is 0 Å². The van der Waals surface area contributed by atoms with Crippen LogP contribution in [0.15, 0.2) is 16.6 Å². The van der Waals surface area contributed by atoms with Gasteiger partial charge in [-0.2, -0.15) is 0 Å². The SMILES string of the molecule is CCC(C)C(=O)c1cc(OC)c(OC)cc1Br. The second-order valence-electron chi connectivity index (χ2n) is 3.86. The number of ether oxygens (including phenoxy) is 2.